The highest BCUT2D eigenvalue weighted by Crippen LogP contribution is 2.25. The number of rotatable bonds is 6. The fourth-order valence-corrected chi connectivity index (χ4v) is 2.61. The fraction of sp³-hybridized carbons (Fsp3) is 0.333. The Morgan fingerprint density at radius 1 is 1.52 bits per heavy atom. The van der Waals surface area contributed by atoms with E-state index in [2.05, 4.69) is 31.2 Å². The van der Waals surface area contributed by atoms with Gasteiger partial charge in [-0.15, -0.1) is 0 Å². The lowest BCUT2D eigenvalue weighted by molar-refractivity contribution is -0.121. The summed E-state index contributed by atoms with van der Waals surface area (Å²) in [6.07, 6.45) is 4.53. The molecular formula is C15H18BrN3O2. The number of ether oxygens (including phenoxy) is 1. The van der Waals surface area contributed by atoms with Crippen molar-refractivity contribution in [3.8, 4) is 5.75 Å². The second-order valence-corrected chi connectivity index (χ2v) is 5.59. The van der Waals surface area contributed by atoms with E-state index in [0.29, 0.717) is 12.8 Å². The van der Waals surface area contributed by atoms with Gasteiger partial charge in [0.1, 0.15) is 11.6 Å². The van der Waals surface area contributed by atoms with Crippen LogP contribution >= 0.6 is 15.9 Å². The molecule has 0 spiro atoms. The number of aryl methyl sites for hydroxylation is 1. The van der Waals surface area contributed by atoms with Crippen LogP contribution in [0.15, 0.2) is 35.1 Å². The van der Waals surface area contributed by atoms with E-state index < -0.39 is 0 Å². The van der Waals surface area contributed by atoms with Crippen molar-refractivity contribution in [2.24, 2.45) is 0 Å². The molecule has 112 valence electrons. The minimum atomic E-state index is -0.116. The van der Waals surface area contributed by atoms with E-state index in [1.165, 1.54) is 0 Å². The maximum absolute atomic E-state index is 11.9. The largest absolute Gasteiger partial charge is 0.496 e. The predicted molar refractivity (Wildman–Crippen MR) is 84.2 cm³/mol. The second kappa shape index (κ2) is 7.26. The van der Waals surface area contributed by atoms with Crippen molar-refractivity contribution in [3.05, 3.63) is 46.5 Å². The number of hydrogen-bond donors (Lipinski definition) is 2. The number of halogens is 1. The molecule has 0 saturated heterocycles. The number of amides is 1. The summed E-state index contributed by atoms with van der Waals surface area (Å²) < 4.78 is 6.08. The number of nitrogens with zero attached hydrogens (tertiary/aromatic N) is 1. The van der Waals surface area contributed by atoms with Crippen molar-refractivity contribution in [1.82, 2.24) is 15.3 Å². The van der Waals surface area contributed by atoms with E-state index in [1.54, 1.807) is 19.5 Å². The molecule has 0 bridgehead atoms. The van der Waals surface area contributed by atoms with Crippen LogP contribution in [0.3, 0.4) is 0 Å². The standard InChI is InChI=1S/C15H18BrN3O2/c1-10(15-17-7-8-18-15)19-14(20)6-4-11-3-5-13(21-2)12(16)9-11/h3,5,7-10H,4,6H2,1-2H3,(H,17,18)(H,19,20). The van der Waals surface area contributed by atoms with Crippen LogP contribution in [0.4, 0.5) is 0 Å². The molecule has 2 N–H and O–H groups in total. The number of H-pyrrole nitrogens is 1. The van der Waals surface area contributed by atoms with Gasteiger partial charge in [-0.1, -0.05) is 6.07 Å². The lowest BCUT2D eigenvalue weighted by atomic mass is 10.1. The molecular weight excluding hydrogens is 334 g/mol. The summed E-state index contributed by atoms with van der Waals surface area (Å²) in [4.78, 5) is 19.1. The summed E-state index contributed by atoms with van der Waals surface area (Å²) in [5.74, 6) is 1.55. The van der Waals surface area contributed by atoms with Crippen LogP contribution in [-0.2, 0) is 11.2 Å². The predicted octanol–water partition coefficient (Wildman–Crippen LogP) is 2.99. The quantitative estimate of drug-likeness (QED) is 0.840. The average Bonchev–Trinajstić information content (AvgIpc) is 2.99. The number of imidazole rings is 1. The molecule has 1 atom stereocenters. The molecule has 0 aliphatic carbocycles. The van der Waals surface area contributed by atoms with Crippen molar-refractivity contribution in [3.63, 3.8) is 0 Å². The Kier molecular flexibility index (Phi) is 5.38. The number of aromatic nitrogens is 2. The summed E-state index contributed by atoms with van der Waals surface area (Å²) in [5, 5.41) is 2.92. The Labute approximate surface area is 132 Å². The molecule has 0 aliphatic heterocycles. The maximum Gasteiger partial charge on any atom is 0.220 e. The minimum Gasteiger partial charge on any atom is -0.496 e. The van der Waals surface area contributed by atoms with Crippen LogP contribution in [0.25, 0.3) is 0 Å². The molecule has 0 fully saturated rings. The maximum atomic E-state index is 11.9. The highest BCUT2D eigenvalue weighted by atomic mass is 79.9. The first-order valence-corrected chi connectivity index (χ1v) is 7.50. The van der Waals surface area contributed by atoms with Crippen molar-refractivity contribution >= 4 is 21.8 Å². The monoisotopic (exact) mass is 351 g/mol. The van der Waals surface area contributed by atoms with Gasteiger partial charge in [0, 0.05) is 18.8 Å². The molecule has 0 radical (unpaired) electrons. The van der Waals surface area contributed by atoms with Crippen LogP contribution in [-0.4, -0.2) is 23.0 Å². The van der Waals surface area contributed by atoms with Crippen molar-refractivity contribution in [1.29, 1.82) is 0 Å². The molecule has 1 aromatic heterocycles. The number of hydrogen-bond acceptors (Lipinski definition) is 3. The van der Waals surface area contributed by atoms with Gasteiger partial charge >= 0.3 is 0 Å². The van der Waals surface area contributed by atoms with Crippen LogP contribution in [0.5, 0.6) is 5.75 Å². The third-order valence-electron chi connectivity index (χ3n) is 3.16. The average molecular weight is 352 g/mol. The first-order valence-electron chi connectivity index (χ1n) is 6.71. The molecule has 1 heterocycles. The fourth-order valence-electron chi connectivity index (χ4n) is 2.02. The number of aromatic amines is 1. The van der Waals surface area contributed by atoms with Crippen LogP contribution in [0.1, 0.15) is 30.8 Å². The van der Waals surface area contributed by atoms with E-state index in [0.717, 1.165) is 21.6 Å². The molecule has 2 rings (SSSR count). The van der Waals surface area contributed by atoms with Crippen LogP contribution < -0.4 is 10.1 Å². The molecule has 1 amide bonds. The number of benzene rings is 1. The zero-order valence-electron chi connectivity index (χ0n) is 12.0. The summed E-state index contributed by atoms with van der Waals surface area (Å²) >= 11 is 3.44. The first kappa shape index (κ1) is 15.6. The van der Waals surface area contributed by atoms with Crippen molar-refractivity contribution < 1.29 is 9.53 Å². The van der Waals surface area contributed by atoms with Gasteiger partial charge in [0.25, 0.3) is 0 Å². The molecule has 2 aromatic rings. The van der Waals surface area contributed by atoms with E-state index in [9.17, 15) is 4.79 Å². The van der Waals surface area contributed by atoms with Crippen LogP contribution in [0, 0.1) is 0 Å². The minimum absolute atomic E-state index is 0.00541. The van der Waals surface area contributed by atoms with E-state index >= 15 is 0 Å². The highest BCUT2D eigenvalue weighted by Gasteiger charge is 2.11. The SMILES string of the molecule is COc1ccc(CCC(=O)NC(C)c2ncc[nH]2)cc1Br. The third-order valence-corrected chi connectivity index (χ3v) is 3.78. The number of methoxy groups -OCH3 is 1. The molecule has 1 unspecified atom stereocenters. The Morgan fingerprint density at radius 3 is 2.95 bits per heavy atom. The molecule has 1 aromatic carbocycles. The lowest BCUT2D eigenvalue weighted by Gasteiger charge is -2.11. The molecule has 21 heavy (non-hydrogen) atoms. The van der Waals surface area contributed by atoms with Gasteiger partial charge in [-0.05, 0) is 47.0 Å². The normalized spacial score (nSPS) is 12.0. The zero-order chi connectivity index (χ0) is 15.2. The van der Waals surface area contributed by atoms with E-state index in [1.807, 2.05) is 25.1 Å². The number of nitrogens with one attached hydrogen (secondary N) is 2. The molecule has 6 heteroatoms. The van der Waals surface area contributed by atoms with Crippen molar-refractivity contribution in [2.75, 3.05) is 7.11 Å². The summed E-state index contributed by atoms with van der Waals surface area (Å²) in [5.41, 5.74) is 1.09. The Morgan fingerprint density at radius 2 is 2.33 bits per heavy atom. The Bertz CT molecular complexity index is 599. The summed E-state index contributed by atoms with van der Waals surface area (Å²) in [7, 11) is 1.63. The Hall–Kier alpha value is -1.82. The number of carbonyl (C=O) groups is 1. The van der Waals surface area contributed by atoms with Gasteiger partial charge in [-0.2, -0.15) is 0 Å². The first-order chi connectivity index (χ1) is 10.1. The van der Waals surface area contributed by atoms with Gasteiger partial charge in [0.2, 0.25) is 5.91 Å². The molecule has 0 aliphatic rings. The van der Waals surface area contributed by atoms with E-state index in [4.69, 9.17) is 4.74 Å². The lowest BCUT2D eigenvalue weighted by Crippen LogP contribution is -2.27. The topological polar surface area (TPSA) is 67.0 Å². The van der Waals surface area contributed by atoms with Gasteiger partial charge in [-0.25, -0.2) is 4.98 Å². The molecule has 5 nitrogen and oxygen atoms in total. The number of carbonyl (C=O) groups excluding carboxylic acids is 1. The second-order valence-electron chi connectivity index (χ2n) is 4.73. The van der Waals surface area contributed by atoms with E-state index in [-0.39, 0.29) is 11.9 Å². The molecule has 0 saturated carbocycles. The van der Waals surface area contributed by atoms with Gasteiger partial charge in [0.05, 0.1) is 17.6 Å². The smallest absolute Gasteiger partial charge is 0.220 e. The van der Waals surface area contributed by atoms with Gasteiger partial charge in [-0.3, -0.25) is 4.79 Å². The van der Waals surface area contributed by atoms with Gasteiger partial charge < -0.3 is 15.0 Å². The summed E-state index contributed by atoms with van der Waals surface area (Å²) in [6, 6.07) is 5.72. The highest BCUT2D eigenvalue weighted by molar-refractivity contribution is 9.10. The van der Waals surface area contributed by atoms with Crippen LogP contribution in [0.2, 0.25) is 0 Å². The third kappa shape index (κ3) is 4.32. The Balaban J connectivity index is 1.85. The summed E-state index contributed by atoms with van der Waals surface area (Å²) in [6.45, 7) is 1.90. The van der Waals surface area contributed by atoms with Crippen molar-refractivity contribution in [2.45, 2.75) is 25.8 Å². The zero-order valence-corrected chi connectivity index (χ0v) is 13.6. The van der Waals surface area contributed by atoms with Gasteiger partial charge in [0.15, 0.2) is 0 Å².